The van der Waals surface area contributed by atoms with E-state index >= 15 is 0 Å². The van der Waals surface area contributed by atoms with Gasteiger partial charge in [-0.2, -0.15) is 0 Å². The molecule has 0 amide bonds. The number of benzene rings is 10. The van der Waals surface area contributed by atoms with Crippen molar-refractivity contribution in [3.8, 4) is 27.9 Å². The molecule has 1 unspecified atom stereocenters. The van der Waals surface area contributed by atoms with Crippen molar-refractivity contribution < 1.29 is 0 Å². The lowest BCUT2D eigenvalue weighted by molar-refractivity contribution is 0.749. The first-order chi connectivity index (χ1) is 29.3. The van der Waals surface area contributed by atoms with Crippen LogP contribution in [0.15, 0.2) is 218 Å². The smallest absolute Gasteiger partial charge is 0.0754 e. The molecule has 0 saturated heterocycles. The van der Waals surface area contributed by atoms with Gasteiger partial charge in [0.15, 0.2) is 0 Å². The van der Waals surface area contributed by atoms with E-state index in [0.29, 0.717) is 0 Å². The Labute approximate surface area is 342 Å². The number of fused-ring (bicyclic) bond motifs is 14. The molecule has 0 bridgehead atoms. The minimum absolute atomic E-state index is 0.502. The Bertz CT molecular complexity index is 3440. The van der Waals surface area contributed by atoms with Crippen LogP contribution in [-0.2, 0) is 5.41 Å². The van der Waals surface area contributed by atoms with E-state index in [1.807, 2.05) is 0 Å². The third-order valence-electron chi connectivity index (χ3n) is 13.1. The van der Waals surface area contributed by atoms with Crippen LogP contribution in [0.2, 0.25) is 0 Å². The Morgan fingerprint density at radius 2 is 0.915 bits per heavy atom. The Morgan fingerprint density at radius 3 is 1.71 bits per heavy atom. The first-order valence-corrected chi connectivity index (χ1v) is 20.5. The van der Waals surface area contributed by atoms with E-state index in [4.69, 9.17) is 0 Å². The maximum atomic E-state index is 2.52. The molecule has 274 valence electrons. The lowest BCUT2D eigenvalue weighted by Gasteiger charge is -2.39. The van der Waals surface area contributed by atoms with Crippen molar-refractivity contribution in [1.29, 1.82) is 0 Å². The molecular weight excluding hydrogens is 713 g/mol. The SMILES string of the molecule is c1cc(-c2ccc3c(c2)C2(c4ccccc4-3)c3ccccc3-n3c4ccccc4c4cccc2c43)cc(N(c2cccc3ccccc23)c2cccc3ccccc23)c1. The van der Waals surface area contributed by atoms with Gasteiger partial charge in [0.1, 0.15) is 0 Å². The van der Waals surface area contributed by atoms with Crippen molar-refractivity contribution in [2.45, 2.75) is 5.41 Å². The van der Waals surface area contributed by atoms with E-state index < -0.39 is 5.41 Å². The van der Waals surface area contributed by atoms with Crippen LogP contribution in [0.5, 0.6) is 0 Å². The van der Waals surface area contributed by atoms with Gasteiger partial charge in [0.05, 0.1) is 33.5 Å². The fourth-order valence-electron chi connectivity index (χ4n) is 10.8. The Hall–Kier alpha value is -7.68. The van der Waals surface area contributed by atoms with Gasteiger partial charge in [0, 0.05) is 27.2 Å². The molecule has 0 fully saturated rings. The summed E-state index contributed by atoms with van der Waals surface area (Å²) in [6.07, 6.45) is 0. The predicted octanol–water partition coefficient (Wildman–Crippen LogP) is 14.9. The minimum atomic E-state index is -0.502. The summed E-state index contributed by atoms with van der Waals surface area (Å²) in [5.74, 6) is 0. The van der Waals surface area contributed by atoms with Gasteiger partial charge >= 0.3 is 0 Å². The normalized spacial score (nSPS) is 14.8. The van der Waals surface area contributed by atoms with Gasteiger partial charge in [0.25, 0.3) is 0 Å². The van der Waals surface area contributed by atoms with Crippen LogP contribution in [-0.4, -0.2) is 4.57 Å². The van der Waals surface area contributed by atoms with E-state index in [1.54, 1.807) is 0 Å². The Morgan fingerprint density at radius 1 is 0.356 bits per heavy atom. The average Bonchev–Trinajstić information content (AvgIpc) is 3.80. The summed E-state index contributed by atoms with van der Waals surface area (Å²) >= 11 is 0. The zero-order valence-electron chi connectivity index (χ0n) is 32.2. The monoisotopic (exact) mass is 748 g/mol. The second-order valence-corrected chi connectivity index (χ2v) is 16.0. The molecule has 11 aromatic rings. The molecule has 1 aromatic heterocycles. The van der Waals surface area contributed by atoms with Gasteiger partial charge in [-0.25, -0.2) is 0 Å². The van der Waals surface area contributed by atoms with Crippen LogP contribution in [0.3, 0.4) is 0 Å². The Kier molecular flexibility index (Phi) is 6.68. The van der Waals surface area contributed by atoms with Crippen LogP contribution in [0.4, 0.5) is 17.1 Å². The number of aromatic nitrogens is 1. The molecule has 2 heteroatoms. The topological polar surface area (TPSA) is 8.17 Å². The van der Waals surface area contributed by atoms with Crippen LogP contribution >= 0.6 is 0 Å². The highest BCUT2D eigenvalue weighted by Gasteiger charge is 2.50. The van der Waals surface area contributed by atoms with Gasteiger partial charge in [-0.05, 0) is 97.7 Å². The van der Waals surface area contributed by atoms with Crippen molar-refractivity contribution in [2.24, 2.45) is 0 Å². The molecule has 0 N–H and O–H groups in total. The first-order valence-electron chi connectivity index (χ1n) is 20.5. The number of rotatable bonds is 4. The summed E-state index contributed by atoms with van der Waals surface area (Å²) < 4.78 is 2.52. The summed E-state index contributed by atoms with van der Waals surface area (Å²) in [6.45, 7) is 0. The third kappa shape index (κ3) is 4.35. The standard InChI is InChI=1S/C57H36N2/c1-3-21-42-37(15-1)17-12-31-52(42)58(53-32-13-18-38-16-2-4-22-43(38)53)41-20-11-19-39(35-41)40-33-34-45-44-23-5-7-26-48(44)57(51(45)36-40)49-27-8-10-30-55(49)59-54-29-9-6-24-46(54)47-25-14-28-50(57)56(47)59/h1-36H. The van der Waals surface area contributed by atoms with Crippen molar-refractivity contribution in [3.63, 3.8) is 0 Å². The van der Waals surface area contributed by atoms with Gasteiger partial charge in [-0.15, -0.1) is 0 Å². The summed E-state index contributed by atoms with van der Waals surface area (Å²) in [5, 5.41) is 7.45. The number of hydrogen-bond acceptors (Lipinski definition) is 1. The minimum Gasteiger partial charge on any atom is -0.309 e. The van der Waals surface area contributed by atoms with Crippen molar-refractivity contribution in [3.05, 3.63) is 241 Å². The molecule has 59 heavy (non-hydrogen) atoms. The molecule has 0 radical (unpaired) electrons. The van der Waals surface area contributed by atoms with E-state index in [9.17, 15) is 0 Å². The van der Waals surface area contributed by atoms with Gasteiger partial charge in [-0.1, -0.05) is 176 Å². The van der Waals surface area contributed by atoms with Crippen molar-refractivity contribution in [1.82, 2.24) is 4.57 Å². The van der Waals surface area contributed by atoms with Gasteiger partial charge in [0.2, 0.25) is 0 Å². The number of hydrogen-bond donors (Lipinski definition) is 0. The van der Waals surface area contributed by atoms with Crippen LogP contribution in [0.25, 0.3) is 71.3 Å². The highest BCUT2D eigenvalue weighted by molar-refractivity contribution is 6.13. The molecule has 0 saturated carbocycles. The third-order valence-corrected chi connectivity index (χ3v) is 13.1. The Balaban J connectivity index is 1.07. The maximum absolute atomic E-state index is 2.52. The number of nitrogens with zero attached hydrogens (tertiary/aromatic N) is 2. The maximum Gasteiger partial charge on any atom is 0.0754 e. The summed E-state index contributed by atoms with van der Waals surface area (Å²) in [5.41, 5.74) is 17.0. The fourth-order valence-corrected chi connectivity index (χ4v) is 10.8. The number of para-hydroxylation sites is 3. The zero-order valence-corrected chi connectivity index (χ0v) is 32.2. The van der Waals surface area contributed by atoms with Crippen LogP contribution < -0.4 is 4.90 Å². The van der Waals surface area contributed by atoms with Gasteiger partial charge in [-0.3, -0.25) is 0 Å². The summed E-state index contributed by atoms with van der Waals surface area (Å²) in [7, 11) is 0. The van der Waals surface area contributed by atoms with Crippen LogP contribution in [0, 0.1) is 0 Å². The molecule has 13 rings (SSSR count). The molecule has 1 spiro atoms. The van der Waals surface area contributed by atoms with E-state index in [2.05, 4.69) is 228 Å². The number of anilines is 3. The second-order valence-electron chi connectivity index (χ2n) is 16.0. The lowest BCUT2D eigenvalue weighted by Crippen LogP contribution is -2.33. The average molecular weight is 749 g/mol. The quantitative estimate of drug-likeness (QED) is 0.174. The predicted molar refractivity (Wildman–Crippen MR) is 247 cm³/mol. The molecule has 10 aromatic carbocycles. The van der Waals surface area contributed by atoms with Gasteiger partial charge < -0.3 is 9.47 Å². The highest BCUT2D eigenvalue weighted by Crippen LogP contribution is 2.61. The first kappa shape index (κ1) is 32.4. The van der Waals surface area contributed by atoms with E-state index in [0.717, 1.165) is 17.1 Å². The summed E-state index contributed by atoms with van der Waals surface area (Å²) in [4.78, 5) is 2.45. The molecule has 2 aliphatic rings. The largest absolute Gasteiger partial charge is 0.309 e. The van der Waals surface area contributed by atoms with Crippen LogP contribution in [0.1, 0.15) is 22.3 Å². The van der Waals surface area contributed by atoms with Crippen molar-refractivity contribution in [2.75, 3.05) is 4.90 Å². The summed E-state index contributed by atoms with van der Waals surface area (Å²) in [6, 6.07) is 81.1. The lowest BCUT2D eigenvalue weighted by atomic mass is 9.65. The van der Waals surface area contributed by atoms with E-state index in [1.165, 1.54) is 93.5 Å². The second kappa shape index (κ2) is 12.2. The molecular formula is C57H36N2. The van der Waals surface area contributed by atoms with Crippen molar-refractivity contribution >= 4 is 60.4 Å². The zero-order chi connectivity index (χ0) is 38.7. The molecule has 1 aliphatic carbocycles. The molecule has 2 nitrogen and oxygen atoms in total. The molecule has 1 atom stereocenters. The molecule has 1 aliphatic heterocycles. The fraction of sp³-hybridized carbons (Fsp3) is 0.0175. The molecule has 2 heterocycles. The highest BCUT2D eigenvalue weighted by atomic mass is 15.1. The van der Waals surface area contributed by atoms with E-state index in [-0.39, 0.29) is 0 Å².